The quantitative estimate of drug-likeness (QED) is 0.580. The van der Waals surface area contributed by atoms with Gasteiger partial charge in [-0.1, -0.05) is 6.08 Å². The van der Waals surface area contributed by atoms with Crippen LogP contribution in [0.3, 0.4) is 0 Å². The molecule has 0 aromatic carbocycles. The van der Waals surface area contributed by atoms with Gasteiger partial charge in [0, 0.05) is 0 Å². The number of amides is 1. The van der Waals surface area contributed by atoms with Gasteiger partial charge >= 0.3 is 6.09 Å². The molecule has 0 aromatic rings. The van der Waals surface area contributed by atoms with Crippen molar-refractivity contribution in [3.05, 3.63) is 11.6 Å². The Hall–Kier alpha value is -1.03. The summed E-state index contributed by atoms with van der Waals surface area (Å²) in [4.78, 5) is 17.0. The monoisotopic (exact) mass is 213 g/mol. The summed E-state index contributed by atoms with van der Waals surface area (Å²) in [5.74, 6) is 0. The van der Waals surface area contributed by atoms with Gasteiger partial charge in [0.05, 0.1) is 12.6 Å². The lowest BCUT2D eigenvalue weighted by molar-refractivity contribution is -0.158. The molecule has 0 spiro atoms. The molecule has 0 aliphatic carbocycles. The molecule has 1 heterocycles. The van der Waals surface area contributed by atoms with Gasteiger partial charge in [-0.2, -0.15) is 5.06 Å². The Morgan fingerprint density at radius 1 is 1.60 bits per heavy atom. The number of carbonyl (C=O) groups excluding carboxylic acids is 1. The second kappa shape index (κ2) is 4.23. The van der Waals surface area contributed by atoms with E-state index in [2.05, 4.69) is 0 Å². The minimum atomic E-state index is -0.490. The Bertz CT molecular complexity index is 278. The third kappa shape index (κ3) is 3.55. The molecule has 0 aromatic heterocycles. The van der Waals surface area contributed by atoms with Gasteiger partial charge in [0.1, 0.15) is 5.60 Å². The van der Waals surface area contributed by atoms with Crippen LogP contribution in [0.2, 0.25) is 0 Å². The number of hydroxylamine groups is 2. The first-order chi connectivity index (χ1) is 6.79. The molecule has 0 saturated heterocycles. The molecule has 4 nitrogen and oxygen atoms in total. The Balaban J connectivity index is 2.62. The zero-order chi connectivity index (χ0) is 11.6. The van der Waals surface area contributed by atoms with Gasteiger partial charge in [0.15, 0.2) is 0 Å². The number of rotatable bonds is 0. The summed E-state index contributed by atoms with van der Waals surface area (Å²) in [7, 11) is 0. The van der Waals surface area contributed by atoms with Crippen LogP contribution < -0.4 is 0 Å². The van der Waals surface area contributed by atoms with E-state index in [-0.39, 0.29) is 6.04 Å². The highest BCUT2D eigenvalue weighted by Crippen LogP contribution is 2.17. The first-order valence-electron chi connectivity index (χ1n) is 5.12. The van der Waals surface area contributed by atoms with Crippen LogP contribution >= 0.6 is 0 Å². The maximum absolute atomic E-state index is 11.7. The average molecular weight is 213 g/mol. The maximum atomic E-state index is 11.7. The van der Waals surface area contributed by atoms with Gasteiger partial charge in [-0.05, 0) is 40.2 Å². The van der Waals surface area contributed by atoms with Crippen LogP contribution in [-0.2, 0) is 9.57 Å². The smallest absolute Gasteiger partial charge is 0.435 e. The van der Waals surface area contributed by atoms with Crippen LogP contribution in [0.25, 0.3) is 0 Å². The lowest BCUT2D eigenvalue weighted by Gasteiger charge is -2.32. The van der Waals surface area contributed by atoms with Crippen LogP contribution in [-0.4, -0.2) is 29.4 Å². The highest BCUT2D eigenvalue weighted by Gasteiger charge is 2.28. The van der Waals surface area contributed by atoms with Crippen LogP contribution in [0.15, 0.2) is 11.6 Å². The number of ether oxygens (including phenoxy) is 1. The van der Waals surface area contributed by atoms with E-state index >= 15 is 0 Å². The number of hydrogen-bond acceptors (Lipinski definition) is 3. The van der Waals surface area contributed by atoms with Gasteiger partial charge in [-0.25, -0.2) is 4.79 Å². The second-order valence-electron chi connectivity index (χ2n) is 4.83. The molecular weight excluding hydrogens is 194 g/mol. The Labute approximate surface area is 90.8 Å². The number of nitrogens with zero attached hydrogens (tertiary/aromatic N) is 1. The highest BCUT2D eigenvalue weighted by atomic mass is 16.7. The van der Waals surface area contributed by atoms with Crippen molar-refractivity contribution in [3.8, 4) is 0 Å². The molecule has 1 aliphatic rings. The first kappa shape index (κ1) is 12.0. The van der Waals surface area contributed by atoms with Crippen molar-refractivity contribution in [2.75, 3.05) is 6.61 Å². The molecule has 0 bridgehead atoms. The lowest BCUT2D eigenvalue weighted by atomic mass is 10.2. The van der Waals surface area contributed by atoms with Crippen molar-refractivity contribution < 1.29 is 14.4 Å². The summed E-state index contributed by atoms with van der Waals surface area (Å²) >= 11 is 0. The largest absolute Gasteiger partial charge is 0.442 e. The van der Waals surface area contributed by atoms with Crippen LogP contribution in [0.4, 0.5) is 4.79 Å². The number of carbonyl (C=O) groups is 1. The van der Waals surface area contributed by atoms with E-state index < -0.39 is 11.7 Å². The van der Waals surface area contributed by atoms with E-state index in [4.69, 9.17) is 9.57 Å². The number of hydrogen-bond donors (Lipinski definition) is 0. The summed E-state index contributed by atoms with van der Waals surface area (Å²) in [6.07, 6.45) is 1.56. The van der Waals surface area contributed by atoms with Crippen LogP contribution in [0, 0.1) is 0 Å². The van der Waals surface area contributed by atoms with Crippen LogP contribution in [0.1, 0.15) is 34.6 Å². The van der Waals surface area contributed by atoms with Crippen molar-refractivity contribution in [1.82, 2.24) is 5.06 Å². The summed E-state index contributed by atoms with van der Waals surface area (Å²) in [5.41, 5.74) is 0.637. The molecule has 15 heavy (non-hydrogen) atoms. The Morgan fingerprint density at radius 2 is 2.20 bits per heavy atom. The molecule has 4 heteroatoms. The fraction of sp³-hybridized carbons (Fsp3) is 0.727. The van der Waals surface area contributed by atoms with E-state index in [0.29, 0.717) is 6.61 Å². The predicted octanol–water partition coefficient (Wildman–Crippen LogP) is 2.50. The summed E-state index contributed by atoms with van der Waals surface area (Å²) in [5, 5.41) is 1.28. The topological polar surface area (TPSA) is 38.8 Å². The predicted molar refractivity (Wildman–Crippen MR) is 57.2 cm³/mol. The fourth-order valence-corrected chi connectivity index (χ4v) is 1.34. The van der Waals surface area contributed by atoms with E-state index in [1.807, 2.05) is 40.7 Å². The zero-order valence-electron chi connectivity index (χ0n) is 10.0. The second-order valence-corrected chi connectivity index (χ2v) is 4.83. The molecule has 1 aliphatic heterocycles. The summed E-state index contributed by atoms with van der Waals surface area (Å²) < 4.78 is 5.22. The summed E-state index contributed by atoms with van der Waals surface area (Å²) in [6.45, 7) is 9.82. The van der Waals surface area contributed by atoms with E-state index in [1.165, 1.54) is 5.06 Å². The Morgan fingerprint density at radius 3 is 2.67 bits per heavy atom. The van der Waals surface area contributed by atoms with Crippen molar-refractivity contribution >= 4 is 6.09 Å². The zero-order valence-corrected chi connectivity index (χ0v) is 10.0. The van der Waals surface area contributed by atoms with E-state index in [0.717, 1.165) is 5.57 Å². The minimum Gasteiger partial charge on any atom is -0.442 e. The third-order valence-corrected chi connectivity index (χ3v) is 1.90. The van der Waals surface area contributed by atoms with Gasteiger partial charge in [-0.3, -0.25) is 4.84 Å². The third-order valence-electron chi connectivity index (χ3n) is 1.90. The molecule has 0 N–H and O–H groups in total. The van der Waals surface area contributed by atoms with Crippen molar-refractivity contribution in [1.29, 1.82) is 0 Å². The average Bonchev–Trinajstić information content (AvgIpc) is 1.99. The molecule has 0 saturated carbocycles. The van der Waals surface area contributed by atoms with E-state index in [9.17, 15) is 4.79 Å². The lowest BCUT2D eigenvalue weighted by Crippen LogP contribution is -2.43. The fourth-order valence-electron chi connectivity index (χ4n) is 1.34. The molecule has 86 valence electrons. The molecule has 0 fully saturated rings. The maximum Gasteiger partial charge on any atom is 0.435 e. The first-order valence-corrected chi connectivity index (χ1v) is 5.12. The van der Waals surface area contributed by atoms with Crippen molar-refractivity contribution in [2.24, 2.45) is 0 Å². The van der Waals surface area contributed by atoms with Gasteiger partial charge in [0.25, 0.3) is 0 Å². The van der Waals surface area contributed by atoms with Crippen molar-refractivity contribution in [2.45, 2.75) is 46.3 Å². The highest BCUT2D eigenvalue weighted by molar-refractivity contribution is 5.67. The standard InChI is InChI=1S/C11H19NO3/c1-8-6-9(2)12(14-7-8)10(13)15-11(3,4)5/h6,9H,7H2,1-5H3. The summed E-state index contributed by atoms with van der Waals surface area (Å²) in [6, 6.07) is -0.0754. The normalized spacial score (nSPS) is 22.3. The van der Waals surface area contributed by atoms with Gasteiger partial charge in [-0.15, -0.1) is 0 Å². The molecule has 0 radical (unpaired) electrons. The Kier molecular flexibility index (Phi) is 3.39. The van der Waals surface area contributed by atoms with Crippen LogP contribution in [0.5, 0.6) is 0 Å². The SMILES string of the molecule is CC1=CC(C)N(C(=O)OC(C)(C)C)OC1. The van der Waals surface area contributed by atoms with Gasteiger partial charge in [0.2, 0.25) is 0 Å². The molecule has 1 atom stereocenters. The molecule has 1 unspecified atom stereocenters. The minimum absolute atomic E-state index is 0.0754. The molecule has 1 amide bonds. The molecule has 1 rings (SSSR count). The van der Waals surface area contributed by atoms with E-state index in [1.54, 1.807) is 0 Å². The molecular formula is C11H19NO3. The van der Waals surface area contributed by atoms with Gasteiger partial charge < -0.3 is 4.74 Å². The van der Waals surface area contributed by atoms with Crippen molar-refractivity contribution in [3.63, 3.8) is 0 Å².